The third kappa shape index (κ3) is 3.69. The lowest BCUT2D eigenvalue weighted by Gasteiger charge is -2.32. The quantitative estimate of drug-likeness (QED) is 0.717. The molecule has 112 valence electrons. The Balaban J connectivity index is 2.06. The van der Waals surface area contributed by atoms with Crippen molar-refractivity contribution in [2.75, 3.05) is 26.7 Å². The Morgan fingerprint density at radius 2 is 2.30 bits per heavy atom. The van der Waals surface area contributed by atoms with Crippen LogP contribution in [0.5, 0.6) is 5.75 Å². The van der Waals surface area contributed by atoms with E-state index in [0.717, 1.165) is 13.0 Å². The summed E-state index contributed by atoms with van der Waals surface area (Å²) in [5, 5.41) is 13.3. The van der Waals surface area contributed by atoms with Crippen molar-refractivity contribution in [2.24, 2.45) is 0 Å². The number of aliphatic hydroxyl groups is 1. The predicted octanol–water partition coefficient (Wildman–Crippen LogP) is 0.0880. The first kappa shape index (κ1) is 15.2. The van der Waals surface area contributed by atoms with E-state index in [1.807, 2.05) is 0 Å². The second-order valence-corrected chi connectivity index (χ2v) is 6.78. The van der Waals surface area contributed by atoms with E-state index in [-0.39, 0.29) is 11.4 Å². The van der Waals surface area contributed by atoms with E-state index in [9.17, 15) is 13.5 Å². The van der Waals surface area contributed by atoms with Gasteiger partial charge in [0.25, 0.3) is 0 Å². The van der Waals surface area contributed by atoms with Gasteiger partial charge >= 0.3 is 0 Å². The van der Waals surface area contributed by atoms with E-state index >= 15 is 0 Å². The highest BCUT2D eigenvalue weighted by atomic mass is 32.2. The number of sulfonamides is 1. The number of β-amino-alcohol motifs (C(OH)–C–C–N with tert-alkyl or cyclic N) is 1. The van der Waals surface area contributed by atoms with Crippen molar-refractivity contribution in [3.8, 4) is 5.75 Å². The maximum absolute atomic E-state index is 12.2. The summed E-state index contributed by atoms with van der Waals surface area (Å²) in [6.45, 7) is 1.25. The van der Waals surface area contributed by atoms with E-state index in [2.05, 4.69) is 10.0 Å². The first-order valence-corrected chi connectivity index (χ1v) is 8.00. The number of rotatable bonds is 5. The summed E-state index contributed by atoms with van der Waals surface area (Å²) in [6.07, 6.45) is 1.41. The van der Waals surface area contributed by atoms with Crippen LogP contribution in [-0.4, -0.2) is 45.9 Å². The highest BCUT2D eigenvalue weighted by Crippen LogP contribution is 2.19. The Hall–Kier alpha value is -1.15. The molecule has 3 N–H and O–H groups in total. The molecule has 1 aromatic carbocycles. The van der Waals surface area contributed by atoms with Crippen molar-refractivity contribution in [1.82, 2.24) is 10.0 Å². The summed E-state index contributed by atoms with van der Waals surface area (Å²) in [5.41, 5.74) is -1.02. The molecule has 0 spiro atoms. The van der Waals surface area contributed by atoms with Gasteiger partial charge in [0.2, 0.25) is 10.0 Å². The average Bonchev–Trinajstić information content (AvgIpc) is 2.46. The van der Waals surface area contributed by atoms with Crippen LogP contribution in [-0.2, 0) is 10.0 Å². The Morgan fingerprint density at radius 1 is 1.50 bits per heavy atom. The molecule has 0 aromatic heterocycles. The van der Waals surface area contributed by atoms with Crippen LogP contribution >= 0.6 is 0 Å². The molecule has 2 rings (SSSR count). The van der Waals surface area contributed by atoms with Crippen LogP contribution in [0.1, 0.15) is 12.8 Å². The molecule has 6 nitrogen and oxygen atoms in total. The van der Waals surface area contributed by atoms with Crippen LogP contribution < -0.4 is 14.8 Å². The Labute approximate surface area is 119 Å². The van der Waals surface area contributed by atoms with Crippen LogP contribution in [0.2, 0.25) is 0 Å². The van der Waals surface area contributed by atoms with Crippen molar-refractivity contribution in [2.45, 2.75) is 23.3 Å². The van der Waals surface area contributed by atoms with Gasteiger partial charge in [-0.25, -0.2) is 13.1 Å². The third-order valence-electron chi connectivity index (χ3n) is 3.39. The van der Waals surface area contributed by atoms with Crippen molar-refractivity contribution >= 4 is 10.0 Å². The Kier molecular flexibility index (Phi) is 4.64. The third-order valence-corrected chi connectivity index (χ3v) is 4.79. The fourth-order valence-electron chi connectivity index (χ4n) is 2.18. The first-order valence-electron chi connectivity index (χ1n) is 6.52. The summed E-state index contributed by atoms with van der Waals surface area (Å²) in [4.78, 5) is 0.129. The number of piperidine rings is 1. The lowest BCUT2D eigenvalue weighted by molar-refractivity contribution is 0.0218. The van der Waals surface area contributed by atoms with Gasteiger partial charge in [0.1, 0.15) is 5.75 Å². The van der Waals surface area contributed by atoms with E-state index in [0.29, 0.717) is 18.7 Å². The van der Waals surface area contributed by atoms with Gasteiger partial charge in [0.15, 0.2) is 0 Å². The van der Waals surface area contributed by atoms with Crippen LogP contribution in [0.4, 0.5) is 0 Å². The molecule has 1 aliphatic heterocycles. The molecule has 1 atom stereocenters. The van der Waals surface area contributed by atoms with Gasteiger partial charge in [0.05, 0.1) is 17.6 Å². The number of ether oxygens (including phenoxy) is 1. The molecule has 1 unspecified atom stereocenters. The molecule has 0 amide bonds. The van der Waals surface area contributed by atoms with E-state index in [1.165, 1.54) is 19.2 Å². The van der Waals surface area contributed by atoms with E-state index in [1.54, 1.807) is 12.1 Å². The normalized spacial score (nSPS) is 23.5. The number of methoxy groups -OCH3 is 1. The zero-order valence-corrected chi connectivity index (χ0v) is 12.2. The molecule has 1 saturated heterocycles. The monoisotopic (exact) mass is 300 g/mol. The van der Waals surface area contributed by atoms with Gasteiger partial charge in [-0.15, -0.1) is 0 Å². The maximum atomic E-state index is 12.2. The van der Waals surface area contributed by atoms with Gasteiger partial charge in [-0.3, -0.25) is 0 Å². The van der Waals surface area contributed by atoms with Crippen molar-refractivity contribution in [3.63, 3.8) is 0 Å². The second-order valence-electron chi connectivity index (χ2n) is 5.01. The van der Waals surface area contributed by atoms with E-state index in [4.69, 9.17) is 4.74 Å². The van der Waals surface area contributed by atoms with Crippen molar-refractivity contribution < 1.29 is 18.3 Å². The summed E-state index contributed by atoms with van der Waals surface area (Å²) in [6, 6.07) is 6.24. The summed E-state index contributed by atoms with van der Waals surface area (Å²) < 4.78 is 31.9. The average molecular weight is 300 g/mol. The molecule has 20 heavy (non-hydrogen) atoms. The smallest absolute Gasteiger partial charge is 0.240 e. The van der Waals surface area contributed by atoms with Crippen LogP contribution in [0.3, 0.4) is 0 Å². The summed E-state index contributed by atoms with van der Waals surface area (Å²) in [5.74, 6) is 0.478. The molecular weight excluding hydrogens is 280 g/mol. The first-order chi connectivity index (χ1) is 9.45. The lowest BCUT2D eigenvalue weighted by atomic mass is 9.95. The fraction of sp³-hybridized carbons (Fsp3) is 0.538. The standard InChI is InChI=1S/C13H20N2O4S/c1-19-11-4-2-5-12(8-11)20(17,18)15-10-13(16)6-3-7-14-9-13/h2,4-5,8,14-16H,3,6-7,9-10H2,1H3. The molecule has 1 fully saturated rings. The van der Waals surface area contributed by atoms with Crippen molar-refractivity contribution in [1.29, 1.82) is 0 Å². The van der Waals surface area contributed by atoms with Gasteiger partial charge in [-0.1, -0.05) is 6.07 Å². The zero-order valence-electron chi connectivity index (χ0n) is 11.4. The minimum atomic E-state index is -3.65. The molecule has 0 radical (unpaired) electrons. The SMILES string of the molecule is COc1cccc(S(=O)(=O)NCC2(O)CCCNC2)c1. The van der Waals surface area contributed by atoms with Gasteiger partial charge in [0, 0.05) is 19.2 Å². The molecular formula is C13H20N2O4S. The van der Waals surface area contributed by atoms with Gasteiger partial charge in [-0.2, -0.15) is 0 Å². The largest absolute Gasteiger partial charge is 0.497 e. The lowest BCUT2D eigenvalue weighted by Crippen LogP contribution is -2.52. The fourth-order valence-corrected chi connectivity index (χ4v) is 3.34. The maximum Gasteiger partial charge on any atom is 0.240 e. The molecule has 0 saturated carbocycles. The molecule has 0 bridgehead atoms. The number of nitrogens with one attached hydrogen (secondary N) is 2. The van der Waals surface area contributed by atoms with Crippen molar-refractivity contribution in [3.05, 3.63) is 24.3 Å². The topological polar surface area (TPSA) is 87.7 Å². The van der Waals surface area contributed by atoms with Crippen LogP contribution in [0.25, 0.3) is 0 Å². The zero-order chi connectivity index (χ0) is 14.6. The highest BCUT2D eigenvalue weighted by molar-refractivity contribution is 7.89. The molecule has 1 aromatic rings. The Morgan fingerprint density at radius 3 is 2.95 bits per heavy atom. The van der Waals surface area contributed by atoms with Crippen LogP contribution in [0, 0.1) is 0 Å². The number of benzene rings is 1. The summed E-state index contributed by atoms with van der Waals surface area (Å²) in [7, 11) is -2.17. The molecule has 7 heteroatoms. The Bertz CT molecular complexity index is 553. The molecule has 1 heterocycles. The minimum Gasteiger partial charge on any atom is -0.497 e. The second kappa shape index (κ2) is 6.09. The molecule has 1 aliphatic rings. The summed E-state index contributed by atoms with van der Waals surface area (Å²) >= 11 is 0. The highest BCUT2D eigenvalue weighted by Gasteiger charge is 2.30. The van der Waals surface area contributed by atoms with Gasteiger partial charge < -0.3 is 15.2 Å². The van der Waals surface area contributed by atoms with Gasteiger partial charge in [-0.05, 0) is 31.5 Å². The van der Waals surface area contributed by atoms with E-state index < -0.39 is 15.6 Å². The van der Waals surface area contributed by atoms with Crippen LogP contribution in [0.15, 0.2) is 29.2 Å². The number of hydrogen-bond acceptors (Lipinski definition) is 5. The molecule has 0 aliphatic carbocycles. The predicted molar refractivity (Wildman–Crippen MR) is 75.2 cm³/mol. The minimum absolute atomic E-state index is 0.000453. The number of hydrogen-bond donors (Lipinski definition) is 3.